The van der Waals surface area contributed by atoms with E-state index in [1.165, 1.54) is 0 Å². The number of aromatic nitrogens is 1. The zero-order chi connectivity index (χ0) is 15.6. The van der Waals surface area contributed by atoms with E-state index in [1.807, 2.05) is 43.4 Å². The fourth-order valence-corrected chi connectivity index (χ4v) is 1.54. The van der Waals surface area contributed by atoms with Gasteiger partial charge in [0, 0.05) is 12.8 Å². The molecule has 0 amide bonds. The average Bonchev–Trinajstić information content (AvgIpc) is 2.63. The minimum atomic E-state index is 0. The van der Waals surface area contributed by atoms with Gasteiger partial charge in [-0.25, -0.2) is 5.10 Å². The third-order valence-electron chi connectivity index (χ3n) is 2.63. The summed E-state index contributed by atoms with van der Waals surface area (Å²) in [5.74, 6) is 1.02. The third-order valence-corrected chi connectivity index (χ3v) is 2.63. The molecule has 0 atom stereocenters. The Morgan fingerprint density at radius 2 is 2.12 bits per heavy atom. The Labute approximate surface area is 162 Å². The van der Waals surface area contributed by atoms with Crippen molar-refractivity contribution in [2.24, 2.45) is 10.2 Å². The van der Waals surface area contributed by atoms with Gasteiger partial charge in [0.1, 0.15) is 5.69 Å². The number of aliphatic hydroxyl groups excluding tert-OH is 1. The van der Waals surface area contributed by atoms with Crippen molar-refractivity contribution in [1.82, 2.24) is 10.4 Å². The van der Waals surface area contributed by atoms with Gasteiger partial charge >= 0.3 is 26.2 Å². The number of aliphatic hydroxyl groups is 1. The first kappa shape index (κ1) is 22.2. The summed E-state index contributed by atoms with van der Waals surface area (Å²) in [5, 5.41) is 20.4. The number of hydrogen-bond donors (Lipinski definition) is 2. The SMILES string of the molecule is C1=CC[N-]C(C2=NNC(c3ccccn3)=N[N-]2)=C1.CCCO.[CH3-].[Zr+3]. The van der Waals surface area contributed by atoms with Crippen molar-refractivity contribution < 1.29 is 31.3 Å². The van der Waals surface area contributed by atoms with Gasteiger partial charge in [0.15, 0.2) is 5.84 Å². The van der Waals surface area contributed by atoms with E-state index in [0.717, 1.165) is 12.1 Å². The molecule has 3 rings (SSSR count). The number of amidine groups is 2. The van der Waals surface area contributed by atoms with Gasteiger partial charge in [-0.05, 0) is 24.4 Å². The molecule has 1 aromatic rings. The van der Waals surface area contributed by atoms with Crippen molar-refractivity contribution in [2.75, 3.05) is 13.2 Å². The van der Waals surface area contributed by atoms with Crippen molar-refractivity contribution in [2.45, 2.75) is 13.3 Å². The topological polar surface area (TPSA) is 98.1 Å². The van der Waals surface area contributed by atoms with Gasteiger partial charge < -0.3 is 33.8 Å². The summed E-state index contributed by atoms with van der Waals surface area (Å²) in [6, 6.07) is 5.57. The molecule has 1 radical (unpaired) electrons. The van der Waals surface area contributed by atoms with E-state index in [2.05, 4.69) is 31.4 Å². The molecule has 0 saturated carbocycles. The van der Waals surface area contributed by atoms with Gasteiger partial charge in [0.05, 0.1) is 0 Å². The van der Waals surface area contributed by atoms with E-state index in [4.69, 9.17) is 5.11 Å². The Morgan fingerprint density at radius 3 is 2.62 bits per heavy atom. The zero-order valence-corrected chi connectivity index (χ0v) is 16.3. The summed E-state index contributed by atoms with van der Waals surface area (Å²) < 4.78 is 0. The minimum absolute atomic E-state index is 0. The summed E-state index contributed by atoms with van der Waals surface area (Å²) in [6.07, 6.45) is 8.32. The molecule has 24 heavy (non-hydrogen) atoms. The van der Waals surface area contributed by atoms with Crippen molar-refractivity contribution in [3.8, 4) is 0 Å². The molecule has 3 heterocycles. The molecule has 2 aliphatic heterocycles. The summed E-state index contributed by atoms with van der Waals surface area (Å²) in [4.78, 5) is 4.17. The van der Waals surface area contributed by atoms with E-state index >= 15 is 0 Å². The largest absolute Gasteiger partial charge is 3.00 e. The second-order valence-electron chi connectivity index (χ2n) is 4.36. The van der Waals surface area contributed by atoms with Crippen LogP contribution >= 0.6 is 0 Å². The van der Waals surface area contributed by atoms with Crippen molar-refractivity contribution >= 4 is 11.7 Å². The number of hydrogen-bond acceptors (Lipinski definition) is 5. The van der Waals surface area contributed by atoms with Crippen LogP contribution < -0.4 is 5.43 Å². The smallest absolute Gasteiger partial charge is 0.681 e. The van der Waals surface area contributed by atoms with Gasteiger partial charge in [-0.3, -0.25) is 4.98 Å². The Morgan fingerprint density at radius 1 is 1.33 bits per heavy atom. The number of allylic oxidation sites excluding steroid dienone is 2. The number of rotatable bonds is 3. The van der Waals surface area contributed by atoms with Gasteiger partial charge in [-0.15, -0.1) is 18.3 Å². The molecule has 2 N–H and O–H groups in total. The fourth-order valence-electron chi connectivity index (χ4n) is 1.54. The fraction of sp³-hybridized carbons (Fsp3) is 0.250. The third kappa shape index (κ3) is 6.76. The number of hydrazone groups is 1. The van der Waals surface area contributed by atoms with Crippen molar-refractivity contribution in [3.63, 3.8) is 0 Å². The number of pyridine rings is 1. The normalized spacial score (nSPS) is 14.5. The van der Waals surface area contributed by atoms with Crippen LogP contribution in [0.3, 0.4) is 0 Å². The van der Waals surface area contributed by atoms with E-state index in [0.29, 0.717) is 30.5 Å². The molecule has 8 heteroatoms. The van der Waals surface area contributed by atoms with Crippen LogP contribution in [0.2, 0.25) is 0 Å². The zero-order valence-electron chi connectivity index (χ0n) is 13.8. The first-order chi connectivity index (χ1) is 10.8. The van der Waals surface area contributed by atoms with Crippen LogP contribution in [0.4, 0.5) is 0 Å². The maximum absolute atomic E-state index is 7.88. The Kier molecular flexibility index (Phi) is 11.7. The predicted octanol–water partition coefficient (Wildman–Crippen LogP) is 2.70. The van der Waals surface area contributed by atoms with Gasteiger partial charge in [0.2, 0.25) is 0 Å². The summed E-state index contributed by atoms with van der Waals surface area (Å²) in [7, 11) is 0. The molecule has 7 nitrogen and oxygen atoms in total. The molecule has 0 saturated heterocycles. The van der Waals surface area contributed by atoms with Crippen LogP contribution in [0.1, 0.15) is 19.0 Å². The van der Waals surface area contributed by atoms with Crippen molar-refractivity contribution in [3.05, 3.63) is 72.2 Å². The first-order valence-corrected chi connectivity index (χ1v) is 7.04. The molecule has 2 aliphatic rings. The second-order valence-corrected chi connectivity index (χ2v) is 4.36. The molecule has 0 fully saturated rings. The van der Waals surface area contributed by atoms with E-state index < -0.39 is 0 Å². The minimum Gasteiger partial charge on any atom is -0.681 e. The monoisotopic (exact) mass is 403 g/mol. The number of nitrogens with one attached hydrogen (secondary N) is 1. The Bertz CT molecular complexity index is 596. The second kappa shape index (κ2) is 12.6. The Balaban J connectivity index is 0.000000801. The van der Waals surface area contributed by atoms with Gasteiger partial charge in [-0.1, -0.05) is 25.1 Å². The van der Waals surface area contributed by atoms with Crippen molar-refractivity contribution in [1.29, 1.82) is 0 Å². The van der Waals surface area contributed by atoms with E-state index in [-0.39, 0.29) is 33.6 Å². The van der Waals surface area contributed by atoms with Gasteiger partial charge in [-0.2, -0.15) is 0 Å². The van der Waals surface area contributed by atoms with Crippen LogP contribution in [0.15, 0.2) is 58.5 Å². The molecule has 0 spiro atoms. The maximum Gasteiger partial charge on any atom is 3.00 e. The average molecular weight is 405 g/mol. The number of nitrogens with zero attached hydrogens (tertiary/aromatic N) is 5. The molecule has 0 unspecified atom stereocenters. The molecule has 125 valence electrons. The molecule has 0 aromatic carbocycles. The van der Waals surface area contributed by atoms with Crippen LogP contribution in [0.5, 0.6) is 0 Å². The molecule has 0 aliphatic carbocycles. The van der Waals surface area contributed by atoms with Gasteiger partial charge in [0.25, 0.3) is 0 Å². The summed E-state index contributed by atoms with van der Waals surface area (Å²) >= 11 is 0. The summed E-state index contributed by atoms with van der Waals surface area (Å²) in [5.41, 5.74) is 8.33. The molecular formula is C16H21N6OZr. The quantitative estimate of drug-likeness (QED) is 0.758. The van der Waals surface area contributed by atoms with E-state index in [1.54, 1.807) is 6.20 Å². The Hall–Kier alpha value is -1.79. The van der Waals surface area contributed by atoms with E-state index in [9.17, 15) is 0 Å². The van der Waals surface area contributed by atoms with Crippen LogP contribution in [-0.2, 0) is 26.2 Å². The molecule has 1 aromatic heterocycles. The predicted molar refractivity (Wildman–Crippen MR) is 93.9 cm³/mol. The molecule has 0 bridgehead atoms. The maximum atomic E-state index is 7.88. The van der Waals surface area contributed by atoms with Crippen LogP contribution in [-0.4, -0.2) is 34.9 Å². The summed E-state index contributed by atoms with van der Waals surface area (Å²) in [6.45, 7) is 2.90. The van der Waals surface area contributed by atoms with Crippen LogP contribution in [0.25, 0.3) is 10.7 Å². The molecular weight excluding hydrogens is 383 g/mol. The van der Waals surface area contributed by atoms with Crippen LogP contribution in [0, 0.1) is 7.43 Å². The first-order valence-electron chi connectivity index (χ1n) is 7.04. The standard InChI is InChI=1S/C12H10N6.C3H8O.CH3.Zr/c1-3-7-13-9(5-1)11-15-17-12(18-16-11)10-6-2-4-8-14-10;1-2-3-4;;/h1-7H,8H2,(H-,15,16,17,18);4H,2-3H2,1H3;1H3;/q-2;;-1;+3.